The summed E-state index contributed by atoms with van der Waals surface area (Å²) in [7, 11) is 1.89. The topological polar surface area (TPSA) is 29.5 Å². The zero-order valence-electron chi connectivity index (χ0n) is 10.4. The number of hydrogen-bond acceptors (Lipinski definition) is 2. The second-order valence-corrected chi connectivity index (χ2v) is 6.11. The molecule has 1 amide bonds. The van der Waals surface area contributed by atoms with E-state index in [0.29, 0.717) is 4.83 Å². The van der Waals surface area contributed by atoms with E-state index in [9.17, 15) is 4.79 Å². The fraction of sp³-hybridized carbons (Fsp3) is 0.917. The molecular weight excluding hydrogens is 270 g/mol. The summed E-state index contributed by atoms with van der Waals surface area (Å²) in [5, 5.41) is 0. The van der Waals surface area contributed by atoms with Crippen molar-refractivity contribution in [3.8, 4) is 0 Å². The molecule has 1 saturated heterocycles. The Morgan fingerprint density at radius 2 is 2.31 bits per heavy atom. The zero-order valence-corrected chi connectivity index (χ0v) is 12.0. The number of alkyl halides is 1. The molecule has 1 aliphatic rings. The third-order valence-corrected chi connectivity index (χ3v) is 3.63. The molecule has 0 radical (unpaired) electrons. The van der Waals surface area contributed by atoms with Crippen LogP contribution in [0.15, 0.2) is 0 Å². The summed E-state index contributed by atoms with van der Waals surface area (Å²) in [6.45, 7) is 5.73. The van der Waals surface area contributed by atoms with Gasteiger partial charge in [0.05, 0.1) is 12.0 Å². The lowest BCUT2D eigenvalue weighted by molar-refractivity contribution is -0.136. The van der Waals surface area contributed by atoms with E-state index in [0.717, 1.165) is 32.4 Å². The van der Waals surface area contributed by atoms with Crippen LogP contribution >= 0.6 is 15.9 Å². The van der Waals surface area contributed by atoms with Gasteiger partial charge < -0.3 is 9.64 Å². The third kappa shape index (κ3) is 3.74. The maximum atomic E-state index is 12.2. The molecule has 94 valence electrons. The van der Waals surface area contributed by atoms with Crippen LogP contribution in [0, 0.1) is 5.92 Å². The van der Waals surface area contributed by atoms with Crippen LogP contribution in [0.4, 0.5) is 0 Å². The fourth-order valence-corrected chi connectivity index (χ4v) is 2.30. The van der Waals surface area contributed by atoms with Crippen molar-refractivity contribution >= 4 is 21.8 Å². The predicted octanol–water partition coefficient (Wildman–Crippen LogP) is 2.43. The van der Waals surface area contributed by atoms with Gasteiger partial charge in [0.15, 0.2) is 0 Å². The van der Waals surface area contributed by atoms with E-state index in [-0.39, 0.29) is 17.9 Å². The lowest BCUT2D eigenvalue weighted by atomic mass is 9.98. The first-order valence-electron chi connectivity index (χ1n) is 6.06. The molecule has 3 nitrogen and oxygen atoms in total. The fourth-order valence-electron chi connectivity index (χ4n) is 2.10. The number of ether oxygens (including phenoxy) is 1. The van der Waals surface area contributed by atoms with E-state index < -0.39 is 0 Å². The number of hydrogen-bond donors (Lipinski definition) is 0. The van der Waals surface area contributed by atoms with Gasteiger partial charge in [0.25, 0.3) is 0 Å². The molecule has 0 spiro atoms. The molecule has 0 aromatic carbocycles. The molecule has 16 heavy (non-hydrogen) atoms. The van der Waals surface area contributed by atoms with E-state index >= 15 is 0 Å². The molecule has 1 rings (SSSR count). The van der Waals surface area contributed by atoms with Crippen molar-refractivity contribution in [1.82, 2.24) is 4.90 Å². The van der Waals surface area contributed by atoms with Crippen molar-refractivity contribution in [3.63, 3.8) is 0 Å². The van der Waals surface area contributed by atoms with Crippen LogP contribution in [0.5, 0.6) is 0 Å². The Morgan fingerprint density at radius 1 is 1.62 bits per heavy atom. The van der Waals surface area contributed by atoms with Gasteiger partial charge in [-0.25, -0.2) is 0 Å². The minimum atomic E-state index is 0.0839. The van der Waals surface area contributed by atoms with Crippen LogP contribution in [0.1, 0.15) is 33.1 Å². The molecule has 0 N–H and O–H groups in total. The van der Waals surface area contributed by atoms with Gasteiger partial charge in [-0.1, -0.05) is 29.8 Å². The molecule has 0 aliphatic carbocycles. The SMILES string of the molecule is CCC1OCCC1C(=O)N(C)CCC(C)Br. The highest BCUT2D eigenvalue weighted by molar-refractivity contribution is 9.09. The summed E-state index contributed by atoms with van der Waals surface area (Å²) < 4.78 is 5.55. The molecule has 4 heteroatoms. The number of nitrogens with zero attached hydrogens (tertiary/aromatic N) is 1. The predicted molar refractivity (Wildman–Crippen MR) is 68.8 cm³/mol. The summed E-state index contributed by atoms with van der Waals surface area (Å²) in [5.41, 5.74) is 0. The first-order chi connectivity index (χ1) is 7.56. The quantitative estimate of drug-likeness (QED) is 0.728. The van der Waals surface area contributed by atoms with Crippen molar-refractivity contribution in [2.24, 2.45) is 5.92 Å². The second-order valence-electron chi connectivity index (χ2n) is 4.54. The van der Waals surface area contributed by atoms with Gasteiger partial charge >= 0.3 is 0 Å². The minimum absolute atomic E-state index is 0.0839. The molecule has 1 aliphatic heterocycles. The van der Waals surface area contributed by atoms with Crippen molar-refractivity contribution in [1.29, 1.82) is 0 Å². The Morgan fingerprint density at radius 3 is 2.88 bits per heavy atom. The first kappa shape index (κ1) is 14.0. The van der Waals surface area contributed by atoms with E-state index in [2.05, 4.69) is 29.8 Å². The Labute approximate surface area is 107 Å². The maximum absolute atomic E-state index is 12.2. The van der Waals surface area contributed by atoms with Crippen LogP contribution in [-0.4, -0.2) is 41.9 Å². The molecule has 0 bridgehead atoms. The molecule has 0 aromatic rings. The standard InChI is InChI=1S/C12H22BrNO2/c1-4-11-10(6-8-16-11)12(15)14(3)7-5-9(2)13/h9-11H,4-8H2,1-3H3. The van der Waals surface area contributed by atoms with Gasteiger partial charge in [-0.05, 0) is 19.3 Å². The van der Waals surface area contributed by atoms with Crippen molar-refractivity contribution in [2.75, 3.05) is 20.2 Å². The van der Waals surface area contributed by atoms with E-state index in [1.54, 1.807) is 0 Å². The Hall–Kier alpha value is -0.0900. The lowest BCUT2D eigenvalue weighted by Crippen LogP contribution is -2.37. The van der Waals surface area contributed by atoms with Crippen LogP contribution in [0.3, 0.4) is 0 Å². The smallest absolute Gasteiger partial charge is 0.228 e. The molecular formula is C12H22BrNO2. The van der Waals surface area contributed by atoms with Gasteiger partial charge in [0, 0.05) is 25.0 Å². The molecule has 0 saturated carbocycles. The summed E-state index contributed by atoms with van der Waals surface area (Å²) in [6, 6.07) is 0. The molecule has 1 heterocycles. The van der Waals surface area contributed by atoms with E-state index in [1.807, 2.05) is 11.9 Å². The molecule has 3 unspecified atom stereocenters. The van der Waals surface area contributed by atoms with E-state index in [1.165, 1.54) is 0 Å². The summed E-state index contributed by atoms with van der Waals surface area (Å²) in [5.74, 6) is 0.332. The van der Waals surface area contributed by atoms with Gasteiger partial charge in [0.1, 0.15) is 0 Å². The molecule has 1 fully saturated rings. The Bertz CT molecular complexity index is 233. The highest BCUT2D eigenvalue weighted by atomic mass is 79.9. The van der Waals surface area contributed by atoms with Crippen LogP contribution in [-0.2, 0) is 9.53 Å². The monoisotopic (exact) mass is 291 g/mol. The Kier molecular flexibility index (Phi) is 5.76. The first-order valence-corrected chi connectivity index (χ1v) is 6.98. The number of carbonyl (C=O) groups excluding carboxylic acids is 1. The minimum Gasteiger partial charge on any atom is -0.377 e. The van der Waals surface area contributed by atoms with Gasteiger partial charge in [-0.15, -0.1) is 0 Å². The normalized spacial score (nSPS) is 26.8. The van der Waals surface area contributed by atoms with Crippen molar-refractivity contribution < 1.29 is 9.53 Å². The summed E-state index contributed by atoms with van der Waals surface area (Å²) >= 11 is 3.50. The largest absolute Gasteiger partial charge is 0.377 e. The van der Waals surface area contributed by atoms with Gasteiger partial charge in [-0.3, -0.25) is 4.79 Å². The third-order valence-electron chi connectivity index (χ3n) is 3.17. The van der Waals surface area contributed by atoms with Crippen LogP contribution in [0.2, 0.25) is 0 Å². The Balaban J connectivity index is 2.43. The lowest BCUT2D eigenvalue weighted by Gasteiger charge is -2.24. The average Bonchev–Trinajstić information content (AvgIpc) is 2.72. The van der Waals surface area contributed by atoms with Crippen molar-refractivity contribution in [3.05, 3.63) is 0 Å². The van der Waals surface area contributed by atoms with Gasteiger partial charge in [0.2, 0.25) is 5.91 Å². The summed E-state index contributed by atoms with van der Waals surface area (Å²) in [6.07, 6.45) is 2.94. The van der Waals surface area contributed by atoms with Crippen LogP contribution < -0.4 is 0 Å². The van der Waals surface area contributed by atoms with Crippen molar-refractivity contribution in [2.45, 2.75) is 44.0 Å². The number of amides is 1. The molecule has 0 aromatic heterocycles. The van der Waals surface area contributed by atoms with E-state index in [4.69, 9.17) is 4.74 Å². The molecule has 3 atom stereocenters. The highest BCUT2D eigenvalue weighted by Gasteiger charge is 2.34. The number of halogens is 1. The highest BCUT2D eigenvalue weighted by Crippen LogP contribution is 2.25. The summed E-state index contributed by atoms with van der Waals surface area (Å²) in [4.78, 5) is 14.5. The maximum Gasteiger partial charge on any atom is 0.228 e. The zero-order chi connectivity index (χ0) is 12.1. The van der Waals surface area contributed by atoms with Gasteiger partial charge in [-0.2, -0.15) is 0 Å². The van der Waals surface area contributed by atoms with Crippen LogP contribution in [0.25, 0.3) is 0 Å². The number of rotatable bonds is 5. The average molecular weight is 292 g/mol. The number of carbonyl (C=O) groups is 1. The second kappa shape index (κ2) is 6.60.